The van der Waals surface area contributed by atoms with Crippen LogP contribution in [0.4, 0.5) is 0 Å². The SMILES string of the molecule is Cc1cccc(OCC(=O)N(Cc2cccc(Br)c2)C2CCS(=O)(=O)C2)c1C. The van der Waals surface area contributed by atoms with E-state index in [1.807, 2.05) is 56.3 Å². The van der Waals surface area contributed by atoms with E-state index >= 15 is 0 Å². The van der Waals surface area contributed by atoms with Crippen molar-refractivity contribution >= 4 is 31.7 Å². The van der Waals surface area contributed by atoms with Crippen LogP contribution in [0, 0.1) is 13.8 Å². The van der Waals surface area contributed by atoms with Crippen molar-refractivity contribution in [1.82, 2.24) is 4.90 Å². The number of hydrogen-bond donors (Lipinski definition) is 0. The van der Waals surface area contributed by atoms with Crippen LogP contribution in [0.1, 0.15) is 23.1 Å². The van der Waals surface area contributed by atoms with E-state index in [2.05, 4.69) is 15.9 Å². The highest BCUT2D eigenvalue weighted by Crippen LogP contribution is 2.23. The minimum atomic E-state index is -3.10. The molecule has 2 aromatic rings. The Labute approximate surface area is 174 Å². The first-order valence-electron chi connectivity index (χ1n) is 9.18. The molecule has 0 aromatic heterocycles. The lowest BCUT2D eigenvalue weighted by atomic mass is 10.1. The smallest absolute Gasteiger partial charge is 0.261 e. The van der Waals surface area contributed by atoms with Crippen LogP contribution in [0.2, 0.25) is 0 Å². The summed E-state index contributed by atoms with van der Waals surface area (Å²) in [6.45, 7) is 4.19. The van der Waals surface area contributed by atoms with Crippen molar-refractivity contribution < 1.29 is 17.9 Å². The van der Waals surface area contributed by atoms with E-state index in [1.165, 1.54) is 0 Å². The first-order valence-corrected chi connectivity index (χ1v) is 11.8. The van der Waals surface area contributed by atoms with E-state index in [9.17, 15) is 13.2 Å². The molecule has 1 fully saturated rings. The van der Waals surface area contributed by atoms with Crippen molar-refractivity contribution in [2.24, 2.45) is 0 Å². The molecule has 1 amide bonds. The number of carbonyl (C=O) groups excluding carboxylic acids is 1. The Bertz CT molecular complexity index is 974. The summed E-state index contributed by atoms with van der Waals surface area (Å²) >= 11 is 3.44. The fraction of sp³-hybridized carbons (Fsp3) is 0.381. The summed E-state index contributed by atoms with van der Waals surface area (Å²) in [7, 11) is -3.10. The lowest BCUT2D eigenvalue weighted by Gasteiger charge is -2.28. The van der Waals surface area contributed by atoms with Crippen LogP contribution < -0.4 is 4.74 Å². The summed E-state index contributed by atoms with van der Waals surface area (Å²) in [5.41, 5.74) is 3.04. The summed E-state index contributed by atoms with van der Waals surface area (Å²) in [6, 6.07) is 13.1. The molecule has 5 nitrogen and oxygen atoms in total. The molecule has 2 aromatic carbocycles. The quantitative estimate of drug-likeness (QED) is 0.652. The van der Waals surface area contributed by atoms with E-state index in [0.717, 1.165) is 21.2 Å². The highest BCUT2D eigenvalue weighted by molar-refractivity contribution is 9.10. The first kappa shape index (κ1) is 20.9. The third-order valence-electron chi connectivity index (χ3n) is 5.12. The van der Waals surface area contributed by atoms with Gasteiger partial charge in [-0.25, -0.2) is 8.42 Å². The summed E-state index contributed by atoms with van der Waals surface area (Å²) in [4.78, 5) is 14.6. The van der Waals surface area contributed by atoms with E-state index in [-0.39, 0.29) is 30.1 Å². The van der Waals surface area contributed by atoms with Gasteiger partial charge in [0, 0.05) is 17.1 Å². The normalized spacial score (nSPS) is 18.0. The van der Waals surface area contributed by atoms with E-state index in [0.29, 0.717) is 18.7 Å². The monoisotopic (exact) mass is 465 g/mol. The Morgan fingerprint density at radius 3 is 2.64 bits per heavy atom. The largest absolute Gasteiger partial charge is 0.483 e. The summed E-state index contributed by atoms with van der Waals surface area (Å²) in [5, 5.41) is 0. The third-order valence-corrected chi connectivity index (χ3v) is 7.36. The molecular weight excluding hydrogens is 442 g/mol. The van der Waals surface area contributed by atoms with Gasteiger partial charge in [0.05, 0.1) is 11.5 Å². The van der Waals surface area contributed by atoms with E-state index < -0.39 is 9.84 Å². The highest BCUT2D eigenvalue weighted by atomic mass is 79.9. The molecule has 0 bridgehead atoms. The number of benzene rings is 2. The molecule has 0 spiro atoms. The maximum absolute atomic E-state index is 13.0. The van der Waals surface area contributed by atoms with Gasteiger partial charge in [0.1, 0.15) is 5.75 Å². The second-order valence-electron chi connectivity index (χ2n) is 7.20. The topological polar surface area (TPSA) is 63.7 Å². The van der Waals surface area contributed by atoms with Gasteiger partial charge in [-0.1, -0.05) is 40.2 Å². The molecule has 1 aliphatic heterocycles. The molecule has 1 unspecified atom stereocenters. The number of nitrogens with zero attached hydrogens (tertiary/aromatic N) is 1. The minimum Gasteiger partial charge on any atom is -0.483 e. The molecule has 1 heterocycles. The van der Waals surface area contributed by atoms with Crippen LogP contribution in [-0.2, 0) is 21.2 Å². The van der Waals surface area contributed by atoms with Crippen LogP contribution >= 0.6 is 15.9 Å². The van der Waals surface area contributed by atoms with E-state index in [1.54, 1.807) is 4.90 Å². The molecule has 0 aliphatic carbocycles. The number of rotatable bonds is 6. The van der Waals surface area contributed by atoms with Crippen LogP contribution in [-0.4, -0.2) is 43.4 Å². The van der Waals surface area contributed by atoms with Crippen LogP contribution in [0.5, 0.6) is 5.75 Å². The zero-order valence-electron chi connectivity index (χ0n) is 16.0. The number of hydrogen-bond acceptors (Lipinski definition) is 4. The summed E-state index contributed by atoms with van der Waals surface area (Å²) < 4.78 is 30.6. The van der Waals surface area contributed by atoms with Gasteiger partial charge in [-0.3, -0.25) is 4.79 Å². The van der Waals surface area contributed by atoms with Gasteiger partial charge in [0.15, 0.2) is 16.4 Å². The minimum absolute atomic E-state index is 0.0101. The lowest BCUT2D eigenvalue weighted by Crippen LogP contribution is -2.43. The number of ether oxygens (including phenoxy) is 1. The van der Waals surface area contributed by atoms with Gasteiger partial charge < -0.3 is 9.64 Å². The zero-order chi connectivity index (χ0) is 20.3. The van der Waals surface area contributed by atoms with Crippen molar-refractivity contribution in [3.05, 3.63) is 63.6 Å². The predicted octanol–water partition coefficient (Wildman–Crippen LogP) is 3.66. The summed E-state index contributed by atoms with van der Waals surface area (Å²) in [5.74, 6) is 0.603. The van der Waals surface area contributed by atoms with Gasteiger partial charge in [-0.2, -0.15) is 0 Å². The second kappa shape index (κ2) is 8.66. The maximum Gasteiger partial charge on any atom is 0.261 e. The van der Waals surface area contributed by atoms with Crippen LogP contribution in [0.25, 0.3) is 0 Å². The van der Waals surface area contributed by atoms with Crippen molar-refractivity contribution in [3.63, 3.8) is 0 Å². The third kappa shape index (κ3) is 5.14. The molecule has 1 aliphatic rings. The predicted molar refractivity (Wildman–Crippen MR) is 113 cm³/mol. The van der Waals surface area contributed by atoms with Gasteiger partial charge in [0.25, 0.3) is 5.91 Å². The molecule has 0 radical (unpaired) electrons. The van der Waals surface area contributed by atoms with Crippen molar-refractivity contribution in [3.8, 4) is 5.75 Å². The number of carbonyl (C=O) groups is 1. The molecule has 0 N–H and O–H groups in total. The highest BCUT2D eigenvalue weighted by Gasteiger charge is 2.34. The standard InChI is InChI=1S/C21H24BrNO4S/c1-15-5-3-8-20(16(15)2)27-13-21(24)23(19-9-10-28(25,26)14-19)12-17-6-4-7-18(22)11-17/h3-8,11,19H,9-10,12-14H2,1-2H3. The van der Waals surface area contributed by atoms with Crippen molar-refractivity contribution in [2.75, 3.05) is 18.1 Å². The number of aryl methyl sites for hydroxylation is 1. The first-order chi connectivity index (χ1) is 13.2. The average Bonchev–Trinajstić information content (AvgIpc) is 3.00. The molecule has 1 saturated heterocycles. The Morgan fingerprint density at radius 2 is 1.96 bits per heavy atom. The van der Waals surface area contributed by atoms with Gasteiger partial charge >= 0.3 is 0 Å². The number of amides is 1. The van der Waals surface area contributed by atoms with Gasteiger partial charge in [0.2, 0.25) is 0 Å². The lowest BCUT2D eigenvalue weighted by molar-refractivity contribution is -0.136. The average molecular weight is 466 g/mol. The Balaban J connectivity index is 1.77. The molecule has 7 heteroatoms. The van der Waals surface area contributed by atoms with Crippen LogP contribution in [0.15, 0.2) is 46.9 Å². The maximum atomic E-state index is 13.0. The Kier molecular flexibility index (Phi) is 6.45. The van der Waals surface area contributed by atoms with Gasteiger partial charge in [-0.15, -0.1) is 0 Å². The zero-order valence-corrected chi connectivity index (χ0v) is 18.4. The van der Waals surface area contributed by atoms with Gasteiger partial charge in [-0.05, 0) is 55.2 Å². The fourth-order valence-corrected chi connectivity index (χ4v) is 5.55. The van der Waals surface area contributed by atoms with E-state index in [4.69, 9.17) is 4.74 Å². The Hall–Kier alpha value is -1.86. The summed E-state index contributed by atoms with van der Waals surface area (Å²) in [6.07, 6.45) is 0.464. The fourth-order valence-electron chi connectivity index (χ4n) is 3.38. The molecule has 3 rings (SSSR count). The number of halogens is 1. The van der Waals surface area contributed by atoms with Crippen molar-refractivity contribution in [2.45, 2.75) is 32.9 Å². The molecule has 1 atom stereocenters. The van der Waals surface area contributed by atoms with Crippen molar-refractivity contribution in [1.29, 1.82) is 0 Å². The molecule has 0 saturated carbocycles. The molecule has 150 valence electrons. The molecular formula is C21H24BrNO4S. The molecule has 28 heavy (non-hydrogen) atoms. The second-order valence-corrected chi connectivity index (χ2v) is 10.3. The van der Waals surface area contributed by atoms with Crippen LogP contribution in [0.3, 0.4) is 0 Å². The Morgan fingerprint density at radius 1 is 1.21 bits per heavy atom. The number of sulfone groups is 1.